The van der Waals surface area contributed by atoms with E-state index in [4.69, 9.17) is 15.2 Å². The summed E-state index contributed by atoms with van der Waals surface area (Å²) >= 11 is 0. The summed E-state index contributed by atoms with van der Waals surface area (Å²) in [5.74, 6) is 0.805. The molecule has 0 aliphatic carbocycles. The quantitative estimate of drug-likeness (QED) is 0.791. The standard InChI is InChI=1S/C9H9F2NO2/c10-9(11)7(12)5-2-1-3-6-8(5)14-4-13-6/h1-3,7,9H,4,12H2/t7-/m1/s1. The van der Waals surface area contributed by atoms with Gasteiger partial charge in [0.15, 0.2) is 11.5 Å². The highest BCUT2D eigenvalue weighted by atomic mass is 19.3. The molecule has 0 spiro atoms. The maximum Gasteiger partial charge on any atom is 0.257 e. The minimum Gasteiger partial charge on any atom is -0.454 e. The third-order valence-corrected chi connectivity index (χ3v) is 2.06. The Morgan fingerprint density at radius 1 is 1.29 bits per heavy atom. The first-order valence-electron chi connectivity index (χ1n) is 4.12. The van der Waals surface area contributed by atoms with Crippen LogP contribution in [0.4, 0.5) is 8.78 Å². The summed E-state index contributed by atoms with van der Waals surface area (Å²) in [5.41, 5.74) is 5.61. The highest BCUT2D eigenvalue weighted by Gasteiger charge is 2.26. The molecule has 0 radical (unpaired) electrons. The lowest BCUT2D eigenvalue weighted by atomic mass is 10.1. The largest absolute Gasteiger partial charge is 0.454 e. The molecule has 0 saturated heterocycles. The lowest BCUT2D eigenvalue weighted by Crippen LogP contribution is -2.19. The molecule has 0 bridgehead atoms. The second kappa shape index (κ2) is 3.42. The zero-order valence-electron chi connectivity index (χ0n) is 7.24. The van der Waals surface area contributed by atoms with Crippen molar-refractivity contribution in [3.8, 4) is 11.5 Å². The van der Waals surface area contributed by atoms with Crippen LogP contribution in [0.5, 0.6) is 11.5 Å². The molecule has 1 aromatic carbocycles. The molecule has 1 atom stereocenters. The monoisotopic (exact) mass is 201 g/mol. The third kappa shape index (κ3) is 1.39. The van der Waals surface area contributed by atoms with Gasteiger partial charge in [-0.3, -0.25) is 0 Å². The first-order chi connectivity index (χ1) is 6.70. The van der Waals surface area contributed by atoms with Crippen molar-refractivity contribution in [1.82, 2.24) is 0 Å². The van der Waals surface area contributed by atoms with Crippen molar-refractivity contribution >= 4 is 0 Å². The van der Waals surface area contributed by atoms with E-state index in [1.165, 1.54) is 6.07 Å². The van der Waals surface area contributed by atoms with Crippen LogP contribution in [0.25, 0.3) is 0 Å². The van der Waals surface area contributed by atoms with Crippen molar-refractivity contribution in [3.63, 3.8) is 0 Å². The molecule has 2 N–H and O–H groups in total. The molecule has 5 heteroatoms. The van der Waals surface area contributed by atoms with Gasteiger partial charge >= 0.3 is 0 Å². The number of para-hydroxylation sites is 1. The lowest BCUT2D eigenvalue weighted by Gasteiger charge is -2.12. The molecule has 0 unspecified atom stereocenters. The topological polar surface area (TPSA) is 44.5 Å². The molecule has 14 heavy (non-hydrogen) atoms. The summed E-state index contributed by atoms with van der Waals surface area (Å²) < 4.78 is 34.8. The van der Waals surface area contributed by atoms with Gasteiger partial charge in [-0.25, -0.2) is 8.78 Å². The van der Waals surface area contributed by atoms with Crippen LogP contribution in [0.2, 0.25) is 0 Å². The van der Waals surface area contributed by atoms with Crippen LogP contribution in [0.1, 0.15) is 11.6 Å². The van der Waals surface area contributed by atoms with Gasteiger partial charge in [0.05, 0.1) is 6.04 Å². The average molecular weight is 201 g/mol. The highest BCUT2D eigenvalue weighted by Crippen LogP contribution is 2.38. The lowest BCUT2D eigenvalue weighted by molar-refractivity contribution is 0.114. The first-order valence-corrected chi connectivity index (χ1v) is 4.12. The van der Waals surface area contributed by atoms with E-state index in [0.29, 0.717) is 11.5 Å². The first kappa shape index (κ1) is 9.21. The third-order valence-electron chi connectivity index (χ3n) is 2.06. The van der Waals surface area contributed by atoms with Crippen LogP contribution in [0.3, 0.4) is 0 Å². The van der Waals surface area contributed by atoms with Crippen LogP contribution in [0.15, 0.2) is 18.2 Å². The molecule has 0 amide bonds. The maximum absolute atomic E-state index is 12.4. The Balaban J connectivity index is 2.39. The van der Waals surface area contributed by atoms with Gasteiger partial charge in [-0.2, -0.15) is 0 Å². The summed E-state index contributed by atoms with van der Waals surface area (Å²) in [6, 6.07) is 3.46. The van der Waals surface area contributed by atoms with Crippen LogP contribution >= 0.6 is 0 Å². The number of benzene rings is 1. The van der Waals surface area contributed by atoms with E-state index in [0.717, 1.165) is 0 Å². The van der Waals surface area contributed by atoms with E-state index in [2.05, 4.69) is 0 Å². The number of fused-ring (bicyclic) bond motifs is 1. The van der Waals surface area contributed by atoms with Gasteiger partial charge in [-0.1, -0.05) is 12.1 Å². The molecule has 0 aromatic heterocycles. The molecule has 76 valence electrons. The van der Waals surface area contributed by atoms with Crippen molar-refractivity contribution in [2.45, 2.75) is 12.5 Å². The SMILES string of the molecule is N[C@H](c1cccc2c1OCO2)C(F)F. The Bertz CT molecular complexity index is 344. The van der Waals surface area contributed by atoms with Crippen molar-refractivity contribution in [2.24, 2.45) is 5.73 Å². The molecule has 1 aliphatic rings. The fourth-order valence-corrected chi connectivity index (χ4v) is 1.35. The normalized spacial score (nSPS) is 16.0. The van der Waals surface area contributed by atoms with Gasteiger partial charge in [-0.05, 0) is 6.07 Å². The Labute approximate surface area is 79.4 Å². The minimum absolute atomic E-state index is 0.0578. The Morgan fingerprint density at radius 3 is 2.79 bits per heavy atom. The van der Waals surface area contributed by atoms with E-state index in [9.17, 15) is 8.78 Å². The molecule has 3 nitrogen and oxygen atoms in total. The summed E-state index contributed by atoms with van der Waals surface area (Å²) in [4.78, 5) is 0. The van der Waals surface area contributed by atoms with E-state index in [1.807, 2.05) is 0 Å². The van der Waals surface area contributed by atoms with Gasteiger partial charge in [0, 0.05) is 5.56 Å². The number of hydrogen-bond acceptors (Lipinski definition) is 3. The average Bonchev–Trinajstić information content (AvgIpc) is 2.63. The second-order valence-electron chi connectivity index (χ2n) is 2.94. The highest BCUT2D eigenvalue weighted by molar-refractivity contribution is 5.49. The Hall–Kier alpha value is -1.36. The van der Waals surface area contributed by atoms with Crippen molar-refractivity contribution in [1.29, 1.82) is 0 Å². The van der Waals surface area contributed by atoms with E-state index in [1.54, 1.807) is 12.1 Å². The van der Waals surface area contributed by atoms with Crippen molar-refractivity contribution < 1.29 is 18.3 Å². The number of halogens is 2. The van der Waals surface area contributed by atoms with Gasteiger partial charge in [0.25, 0.3) is 6.43 Å². The molecule has 0 saturated carbocycles. The van der Waals surface area contributed by atoms with Gasteiger partial charge in [0.1, 0.15) is 0 Å². The van der Waals surface area contributed by atoms with Gasteiger partial charge in [0.2, 0.25) is 6.79 Å². The summed E-state index contributed by atoms with van der Waals surface area (Å²) in [6.07, 6.45) is -2.61. The molecular weight excluding hydrogens is 192 g/mol. The molecule has 1 heterocycles. The molecule has 1 aromatic rings. The van der Waals surface area contributed by atoms with Gasteiger partial charge in [-0.15, -0.1) is 0 Å². The number of rotatable bonds is 2. The van der Waals surface area contributed by atoms with Crippen molar-refractivity contribution in [3.05, 3.63) is 23.8 Å². The maximum atomic E-state index is 12.4. The summed E-state index contributed by atoms with van der Waals surface area (Å²) in [7, 11) is 0. The van der Waals surface area contributed by atoms with Crippen LogP contribution in [-0.2, 0) is 0 Å². The Morgan fingerprint density at radius 2 is 2.07 bits per heavy atom. The van der Waals surface area contributed by atoms with E-state index < -0.39 is 12.5 Å². The smallest absolute Gasteiger partial charge is 0.257 e. The van der Waals surface area contributed by atoms with Crippen LogP contribution in [-0.4, -0.2) is 13.2 Å². The summed E-state index contributed by atoms with van der Waals surface area (Å²) in [5, 5.41) is 0. The number of ether oxygens (including phenoxy) is 2. The number of nitrogens with two attached hydrogens (primary N) is 1. The summed E-state index contributed by atoms with van der Waals surface area (Å²) in [6.45, 7) is 0.0578. The van der Waals surface area contributed by atoms with Crippen LogP contribution < -0.4 is 15.2 Å². The fraction of sp³-hybridized carbons (Fsp3) is 0.333. The fourth-order valence-electron chi connectivity index (χ4n) is 1.35. The molecular formula is C9H9F2NO2. The number of hydrogen-bond donors (Lipinski definition) is 1. The van der Waals surface area contributed by atoms with Crippen LogP contribution in [0, 0.1) is 0 Å². The van der Waals surface area contributed by atoms with E-state index in [-0.39, 0.29) is 12.4 Å². The zero-order valence-corrected chi connectivity index (χ0v) is 7.24. The zero-order chi connectivity index (χ0) is 10.1. The van der Waals surface area contributed by atoms with Gasteiger partial charge < -0.3 is 15.2 Å². The molecule has 1 aliphatic heterocycles. The Kier molecular flexibility index (Phi) is 2.25. The van der Waals surface area contributed by atoms with Crippen molar-refractivity contribution in [2.75, 3.05) is 6.79 Å². The number of alkyl halides is 2. The second-order valence-corrected chi connectivity index (χ2v) is 2.94. The predicted octanol–water partition coefficient (Wildman–Crippen LogP) is 1.68. The predicted molar refractivity (Wildman–Crippen MR) is 45.5 cm³/mol. The van der Waals surface area contributed by atoms with E-state index >= 15 is 0 Å². The minimum atomic E-state index is -2.61. The molecule has 2 rings (SSSR count). The molecule has 0 fully saturated rings.